The molecule has 1 aromatic heterocycles. The van der Waals surface area contributed by atoms with Crippen molar-refractivity contribution in [2.75, 3.05) is 6.54 Å². The number of benzene rings is 1. The minimum atomic E-state index is -0.715. The number of hydrogen-bond acceptors (Lipinski definition) is 3. The third-order valence-corrected chi connectivity index (χ3v) is 5.23. The Morgan fingerprint density at radius 2 is 2.00 bits per heavy atom. The van der Waals surface area contributed by atoms with Gasteiger partial charge in [0.2, 0.25) is 0 Å². The lowest BCUT2D eigenvalue weighted by Gasteiger charge is -2.43. The first-order valence-electron chi connectivity index (χ1n) is 8.82. The van der Waals surface area contributed by atoms with Gasteiger partial charge in [-0.25, -0.2) is 9.37 Å². The second kappa shape index (κ2) is 6.89. The molecular weight excluding hydrogens is 331 g/mol. The zero-order valence-corrected chi connectivity index (χ0v) is 14.3. The SMILES string of the molecule is O=C(O)C1CC(N2CCc3nc(C#Cc4ccccc4)c(F)cc3C2)C1. The van der Waals surface area contributed by atoms with Gasteiger partial charge in [0, 0.05) is 36.8 Å². The van der Waals surface area contributed by atoms with Crippen molar-refractivity contribution in [1.82, 2.24) is 9.88 Å². The number of aliphatic carboxylic acids is 1. The molecular formula is C21H19FN2O2. The molecule has 0 bridgehead atoms. The Balaban J connectivity index is 1.49. The average molecular weight is 350 g/mol. The Kier molecular flexibility index (Phi) is 4.44. The van der Waals surface area contributed by atoms with Gasteiger partial charge in [-0.15, -0.1) is 0 Å². The maximum atomic E-state index is 14.4. The van der Waals surface area contributed by atoms with Crippen LogP contribution >= 0.6 is 0 Å². The molecule has 26 heavy (non-hydrogen) atoms. The molecule has 0 spiro atoms. The predicted molar refractivity (Wildman–Crippen MR) is 94.9 cm³/mol. The number of fused-ring (bicyclic) bond motifs is 1. The standard InChI is InChI=1S/C21H19FN2O2/c22-18-12-16-13-24(17-10-15(11-17)21(25)26)9-8-19(16)23-20(18)7-6-14-4-2-1-3-5-14/h1-5,12,15,17H,8-11,13H2,(H,25,26). The lowest BCUT2D eigenvalue weighted by atomic mass is 9.78. The highest BCUT2D eigenvalue weighted by Gasteiger charge is 2.39. The van der Waals surface area contributed by atoms with Gasteiger partial charge in [0.1, 0.15) is 5.69 Å². The van der Waals surface area contributed by atoms with Gasteiger partial charge in [0.05, 0.1) is 5.92 Å². The Bertz CT molecular complexity index is 895. The van der Waals surface area contributed by atoms with Gasteiger partial charge in [0.25, 0.3) is 0 Å². The second-order valence-electron chi connectivity index (χ2n) is 6.92. The van der Waals surface area contributed by atoms with E-state index < -0.39 is 11.8 Å². The first kappa shape index (κ1) is 16.7. The van der Waals surface area contributed by atoms with Crippen molar-refractivity contribution >= 4 is 5.97 Å². The molecule has 5 heteroatoms. The highest BCUT2D eigenvalue weighted by atomic mass is 19.1. The molecule has 0 amide bonds. The number of carboxylic acids is 1. The van der Waals surface area contributed by atoms with Crippen LogP contribution in [0.4, 0.5) is 4.39 Å². The maximum absolute atomic E-state index is 14.4. The van der Waals surface area contributed by atoms with E-state index >= 15 is 0 Å². The normalized spacial score (nSPS) is 21.9. The summed E-state index contributed by atoms with van der Waals surface area (Å²) in [5.41, 5.74) is 2.80. The molecule has 1 aliphatic carbocycles. The fourth-order valence-corrected chi connectivity index (χ4v) is 3.61. The molecule has 0 unspecified atom stereocenters. The van der Waals surface area contributed by atoms with Gasteiger partial charge in [0.15, 0.2) is 5.82 Å². The first-order chi connectivity index (χ1) is 12.6. The number of halogens is 1. The zero-order chi connectivity index (χ0) is 18.1. The van der Waals surface area contributed by atoms with Crippen LogP contribution in [0, 0.1) is 23.6 Å². The first-order valence-corrected chi connectivity index (χ1v) is 8.82. The Morgan fingerprint density at radius 1 is 1.23 bits per heavy atom. The van der Waals surface area contributed by atoms with Gasteiger partial charge in [-0.3, -0.25) is 9.69 Å². The minimum Gasteiger partial charge on any atom is -0.481 e. The van der Waals surface area contributed by atoms with Crippen LogP contribution in [0.1, 0.15) is 35.4 Å². The summed E-state index contributed by atoms with van der Waals surface area (Å²) < 4.78 is 14.4. The summed E-state index contributed by atoms with van der Waals surface area (Å²) in [7, 11) is 0. The molecule has 132 valence electrons. The van der Waals surface area contributed by atoms with Gasteiger partial charge in [-0.1, -0.05) is 24.1 Å². The summed E-state index contributed by atoms with van der Waals surface area (Å²) >= 11 is 0. The van der Waals surface area contributed by atoms with E-state index in [1.165, 1.54) is 6.07 Å². The van der Waals surface area contributed by atoms with E-state index in [2.05, 4.69) is 21.7 Å². The van der Waals surface area contributed by atoms with Crippen LogP contribution in [0.2, 0.25) is 0 Å². The van der Waals surface area contributed by atoms with E-state index in [0.717, 1.165) is 29.8 Å². The quantitative estimate of drug-likeness (QED) is 0.847. The number of pyridine rings is 1. The molecule has 0 atom stereocenters. The summed E-state index contributed by atoms with van der Waals surface area (Å²) in [5, 5.41) is 9.02. The molecule has 1 aromatic carbocycles. The van der Waals surface area contributed by atoms with Crippen LogP contribution in [-0.2, 0) is 17.8 Å². The molecule has 1 fully saturated rings. The number of rotatable bonds is 2. The number of nitrogens with zero attached hydrogens (tertiary/aromatic N) is 2. The molecule has 1 aliphatic heterocycles. The summed E-state index contributed by atoms with van der Waals surface area (Å²) in [4.78, 5) is 17.7. The van der Waals surface area contributed by atoms with Gasteiger partial charge in [-0.05, 0) is 42.5 Å². The summed E-state index contributed by atoms with van der Waals surface area (Å²) in [6, 6.07) is 11.3. The van der Waals surface area contributed by atoms with Crippen LogP contribution in [0.15, 0.2) is 36.4 Å². The molecule has 2 aliphatic rings. The molecule has 2 aromatic rings. The predicted octanol–water partition coefficient (Wildman–Crippen LogP) is 2.84. The van der Waals surface area contributed by atoms with E-state index in [-0.39, 0.29) is 17.7 Å². The number of carbonyl (C=O) groups is 1. The molecule has 0 saturated heterocycles. The molecule has 4 nitrogen and oxygen atoms in total. The lowest BCUT2D eigenvalue weighted by Crippen LogP contribution is -2.48. The summed E-state index contributed by atoms with van der Waals surface area (Å²) in [6.45, 7) is 1.46. The fraction of sp³-hybridized carbons (Fsp3) is 0.333. The molecule has 1 saturated carbocycles. The van der Waals surface area contributed by atoms with E-state index in [4.69, 9.17) is 5.11 Å². The van der Waals surface area contributed by atoms with E-state index in [1.54, 1.807) is 0 Å². The van der Waals surface area contributed by atoms with Crippen LogP contribution < -0.4 is 0 Å². The number of carboxylic acid groups (broad SMARTS) is 1. The number of hydrogen-bond donors (Lipinski definition) is 1. The molecule has 4 rings (SSSR count). The largest absolute Gasteiger partial charge is 0.481 e. The van der Waals surface area contributed by atoms with Crippen molar-refractivity contribution in [2.24, 2.45) is 5.92 Å². The fourth-order valence-electron chi connectivity index (χ4n) is 3.61. The molecule has 2 heterocycles. The van der Waals surface area contributed by atoms with Crippen molar-refractivity contribution in [2.45, 2.75) is 31.8 Å². The average Bonchev–Trinajstić information content (AvgIpc) is 2.59. The van der Waals surface area contributed by atoms with Crippen LogP contribution in [0.25, 0.3) is 0 Å². The number of aromatic nitrogens is 1. The smallest absolute Gasteiger partial charge is 0.306 e. The van der Waals surface area contributed by atoms with Crippen molar-refractivity contribution in [1.29, 1.82) is 0 Å². The molecule has 0 radical (unpaired) electrons. The highest BCUT2D eigenvalue weighted by Crippen LogP contribution is 2.34. The van der Waals surface area contributed by atoms with Crippen LogP contribution in [0.3, 0.4) is 0 Å². The third kappa shape index (κ3) is 3.33. The van der Waals surface area contributed by atoms with E-state index in [0.29, 0.717) is 19.4 Å². The van der Waals surface area contributed by atoms with E-state index in [1.807, 2.05) is 30.3 Å². The third-order valence-electron chi connectivity index (χ3n) is 5.23. The van der Waals surface area contributed by atoms with Gasteiger partial charge >= 0.3 is 5.97 Å². The van der Waals surface area contributed by atoms with Crippen LogP contribution in [-0.4, -0.2) is 33.5 Å². The van der Waals surface area contributed by atoms with Crippen molar-refractivity contribution in [3.63, 3.8) is 0 Å². The Morgan fingerprint density at radius 3 is 2.73 bits per heavy atom. The minimum absolute atomic E-state index is 0.190. The molecule has 1 N–H and O–H groups in total. The van der Waals surface area contributed by atoms with Crippen molar-refractivity contribution in [3.05, 3.63) is 64.7 Å². The summed E-state index contributed by atoms with van der Waals surface area (Å²) in [5.74, 6) is 4.45. The van der Waals surface area contributed by atoms with Crippen LogP contribution in [0.5, 0.6) is 0 Å². The van der Waals surface area contributed by atoms with Gasteiger partial charge in [-0.2, -0.15) is 0 Å². The van der Waals surface area contributed by atoms with Crippen molar-refractivity contribution in [3.8, 4) is 11.8 Å². The Labute approximate surface area is 151 Å². The highest BCUT2D eigenvalue weighted by molar-refractivity contribution is 5.71. The zero-order valence-electron chi connectivity index (χ0n) is 14.3. The summed E-state index contributed by atoms with van der Waals surface area (Å²) in [6.07, 6.45) is 2.10. The Hall–Kier alpha value is -2.71. The van der Waals surface area contributed by atoms with Crippen molar-refractivity contribution < 1.29 is 14.3 Å². The lowest BCUT2D eigenvalue weighted by molar-refractivity contribution is -0.147. The van der Waals surface area contributed by atoms with Gasteiger partial charge < -0.3 is 5.11 Å². The van der Waals surface area contributed by atoms with E-state index in [9.17, 15) is 9.18 Å². The maximum Gasteiger partial charge on any atom is 0.306 e. The topological polar surface area (TPSA) is 53.4 Å². The monoisotopic (exact) mass is 350 g/mol. The second-order valence-corrected chi connectivity index (χ2v) is 6.92.